The Balaban J connectivity index is 1.45. The maximum absolute atomic E-state index is 11.9. The lowest BCUT2D eigenvalue weighted by Crippen LogP contribution is -2.43. The fourth-order valence-electron chi connectivity index (χ4n) is 3.63. The van der Waals surface area contributed by atoms with Crippen LogP contribution in [0.1, 0.15) is 67.2 Å². The zero-order chi connectivity index (χ0) is 28.6. The minimum Gasteiger partial charge on any atom is -0.483 e. The highest BCUT2D eigenvalue weighted by molar-refractivity contribution is 5.83. The van der Waals surface area contributed by atoms with Crippen LogP contribution in [0.4, 0.5) is 0 Å². The average molecular weight is 541 g/mol. The number of hydrogen-bond acceptors (Lipinski definition) is 6. The molecule has 4 N–H and O–H groups in total. The molecule has 10 heteroatoms. The van der Waals surface area contributed by atoms with E-state index in [-0.39, 0.29) is 37.9 Å². The number of carbonyl (C=O) groups is 4. The number of benzene rings is 2. The molecule has 0 fully saturated rings. The molecule has 0 spiro atoms. The summed E-state index contributed by atoms with van der Waals surface area (Å²) >= 11 is 0. The van der Waals surface area contributed by atoms with Gasteiger partial charge in [-0.25, -0.2) is 0 Å². The smallest absolute Gasteiger partial charge is 0.276 e. The first-order valence-corrected chi connectivity index (χ1v) is 13.2. The van der Waals surface area contributed by atoms with Crippen molar-refractivity contribution in [3.05, 3.63) is 58.7 Å². The fourth-order valence-corrected chi connectivity index (χ4v) is 3.63. The van der Waals surface area contributed by atoms with Gasteiger partial charge in [-0.2, -0.15) is 0 Å². The minimum absolute atomic E-state index is 0.192. The number of rotatable bonds is 14. The van der Waals surface area contributed by atoms with Crippen molar-refractivity contribution >= 4 is 23.6 Å². The molecule has 10 nitrogen and oxygen atoms in total. The van der Waals surface area contributed by atoms with Crippen LogP contribution in [0.15, 0.2) is 36.4 Å². The van der Waals surface area contributed by atoms with Crippen molar-refractivity contribution in [1.29, 1.82) is 0 Å². The van der Waals surface area contributed by atoms with Crippen LogP contribution in [0.25, 0.3) is 0 Å². The van der Waals surface area contributed by atoms with E-state index in [0.717, 1.165) is 41.5 Å². The number of hydrogen-bond donors (Lipinski definition) is 4. The molecule has 0 aromatic heterocycles. The average Bonchev–Trinajstić information content (AvgIpc) is 2.91. The highest BCUT2D eigenvalue weighted by Crippen LogP contribution is 2.21. The van der Waals surface area contributed by atoms with Crippen molar-refractivity contribution in [1.82, 2.24) is 21.7 Å². The van der Waals surface area contributed by atoms with E-state index in [1.807, 2.05) is 52.0 Å². The third kappa shape index (κ3) is 11.9. The molecule has 0 atom stereocenters. The SMILES string of the molecule is Cc1cccc(OCC(=O)NNC(=O)CCCCCCCC(=O)NNC(=O)COc2cccc(C)c2C)c1C. The lowest BCUT2D eigenvalue weighted by atomic mass is 10.1. The molecule has 0 unspecified atom stereocenters. The van der Waals surface area contributed by atoms with Gasteiger partial charge in [-0.1, -0.05) is 43.5 Å². The van der Waals surface area contributed by atoms with Crippen LogP contribution in [0, 0.1) is 27.7 Å². The van der Waals surface area contributed by atoms with Crippen molar-refractivity contribution < 1.29 is 28.7 Å². The van der Waals surface area contributed by atoms with Crippen molar-refractivity contribution in [3.63, 3.8) is 0 Å². The van der Waals surface area contributed by atoms with Gasteiger partial charge in [0, 0.05) is 12.8 Å². The zero-order valence-electron chi connectivity index (χ0n) is 23.3. The summed E-state index contributed by atoms with van der Waals surface area (Å²) in [5, 5.41) is 0. The summed E-state index contributed by atoms with van der Waals surface area (Å²) in [5.74, 6) is -0.145. The van der Waals surface area contributed by atoms with E-state index in [1.54, 1.807) is 12.1 Å². The first-order valence-electron chi connectivity index (χ1n) is 13.2. The van der Waals surface area contributed by atoms with Crippen molar-refractivity contribution in [2.45, 2.75) is 72.6 Å². The molecule has 4 amide bonds. The molecule has 2 rings (SSSR count). The summed E-state index contributed by atoms with van der Waals surface area (Å²) < 4.78 is 11.0. The number of unbranched alkanes of at least 4 members (excludes halogenated alkanes) is 4. The molecular weight excluding hydrogens is 500 g/mol. The predicted molar refractivity (Wildman–Crippen MR) is 148 cm³/mol. The van der Waals surface area contributed by atoms with E-state index in [1.165, 1.54) is 0 Å². The molecular formula is C29H40N4O6. The van der Waals surface area contributed by atoms with Gasteiger partial charge < -0.3 is 9.47 Å². The molecule has 0 radical (unpaired) electrons. The summed E-state index contributed by atoms with van der Waals surface area (Å²) in [4.78, 5) is 47.7. The van der Waals surface area contributed by atoms with Crippen molar-refractivity contribution in [2.75, 3.05) is 13.2 Å². The van der Waals surface area contributed by atoms with E-state index in [9.17, 15) is 19.2 Å². The van der Waals surface area contributed by atoms with Gasteiger partial charge in [0.15, 0.2) is 13.2 Å². The Labute approximate surface area is 230 Å². The van der Waals surface area contributed by atoms with Crippen LogP contribution < -0.4 is 31.2 Å². The standard InChI is InChI=1S/C29H40N4O6/c1-20-12-10-14-24(22(20)3)38-18-28(36)32-30-26(34)16-8-6-5-7-9-17-27(35)31-33-29(37)19-39-25-15-11-13-21(2)23(25)4/h10-15H,5-9,16-19H2,1-4H3,(H,30,34)(H,31,35)(H,32,36)(H,33,37). The van der Waals surface area contributed by atoms with Crippen LogP contribution in [0.3, 0.4) is 0 Å². The molecule has 212 valence electrons. The number of aryl methyl sites for hydroxylation is 2. The van der Waals surface area contributed by atoms with Crippen LogP contribution in [0.5, 0.6) is 11.5 Å². The molecule has 0 aliphatic rings. The quantitative estimate of drug-likeness (QED) is 0.214. The molecule has 39 heavy (non-hydrogen) atoms. The number of nitrogens with one attached hydrogen (secondary N) is 4. The maximum Gasteiger partial charge on any atom is 0.276 e. The van der Waals surface area contributed by atoms with Gasteiger partial charge in [-0.3, -0.25) is 40.9 Å². The third-order valence-corrected chi connectivity index (χ3v) is 6.32. The fraction of sp³-hybridized carbons (Fsp3) is 0.448. The number of hydrazine groups is 2. The Hall–Kier alpha value is -4.08. The van der Waals surface area contributed by atoms with E-state index in [4.69, 9.17) is 9.47 Å². The Bertz CT molecular complexity index is 1050. The van der Waals surface area contributed by atoms with Gasteiger partial charge in [-0.15, -0.1) is 0 Å². The molecule has 0 aliphatic heterocycles. The number of carbonyl (C=O) groups excluding carboxylic acids is 4. The van der Waals surface area contributed by atoms with Gasteiger partial charge in [0.05, 0.1) is 0 Å². The lowest BCUT2D eigenvalue weighted by molar-refractivity contribution is -0.130. The van der Waals surface area contributed by atoms with Crippen LogP contribution in [-0.4, -0.2) is 36.8 Å². The lowest BCUT2D eigenvalue weighted by Gasteiger charge is -2.11. The zero-order valence-corrected chi connectivity index (χ0v) is 23.3. The van der Waals surface area contributed by atoms with Crippen LogP contribution >= 0.6 is 0 Å². The van der Waals surface area contributed by atoms with Gasteiger partial charge in [-0.05, 0) is 74.9 Å². The van der Waals surface area contributed by atoms with Gasteiger partial charge in [0.1, 0.15) is 11.5 Å². The van der Waals surface area contributed by atoms with Crippen molar-refractivity contribution in [3.8, 4) is 11.5 Å². The summed E-state index contributed by atoms with van der Waals surface area (Å²) in [7, 11) is 0. The van der Waals surface area contributed by atoms with E-state index in [0.29, 0.717) is 24.3 Å². The number of ether oxygens (including phenoxy) is 2. The molecule has 2 aromatic rings. The van der Waals surface area contributed by atoms with Gasteiger partial charge in [0.25, 0.3) is 11.8 Å². The normalized spacial score (nSPS) is 10.4. The Morgan fingerprint density at radius 1 is 0.538 bits per heavy atom. The Kier molecular flexibility index (Phi) is 13.3. The Morgan fingerprint density at radius 3 is 1.31 bits per heavy atom. The summed E-state index contributed by atoms with van der Waals surface area (Å²) in [6.07, 6.45) is 4.43. The topological polar surface area (TPSA) is 135 Å². The molecule has 2 aromatic carbocycles. The largest absolute Gasteiger partial charge is 0.483 e. The summed E-state index contributed by atoms with van der Waals surface area (Å²) in [5.41, 5.74) is 13.6. The molecule has 0 heterocycles. The predicted octanol–water partition coefficient (Wildman–Crippen LogP) is 3.40. The maximum atomic E-state index is 11.9. The monoisotopic (exact) mass is 540 g/mol. The van der Waals surface area contributed by atoms with Crippen LogP contribution in [-0.2, 0) is 19.2 Å². The van der Waals surface area contributed by atoms with E-state index < -0.39 is 11.8 Å². The minimum atomic E-state index is -0.437. The molecule has 0 aliphatic carbocycles. The second-order valence-electron chi connectivity index (χ2n) is 9.43. The number of amides is 4. The molecule has 0 bridgehead atoms. The highest BCUT2D eigenvalue weighted by atomic mass is 16.5. The Morgan fingerprint density at radius 2 is 0.897 bits per heavy atom. The van der Waals surface area contributed by atoms with Gasteiger partial charge >= 0.3 is 0 Å². The van der Waals surface area contributed by atoms with Crippen molar-refractivity contribution in [2.24, 2.45) is 0 Å². The second-order valence-corrected chi connectivity index (χ2v) is 9.43. The first-order chi connectivity index (χ1) is 18.7. The summed E-state index contributed by atoms with van der Waals surface area (Å²) in [6, 6.07) is 11.2. The van der Waals surface area contributed by atoms with Gasteiger partial charge in [0.2, 0.25) is 11.8 Å². The molecule has 0 saturated heterocycles. The van der Waals surface area contributed by atoms with E-state index >= 15 is 0 Å². The highest BCUT2D eigenvalue weighted by Gasteiger charge is 2.09. The summed E-state index contributed by atoms with van der Waals surface area (Å²) in [6.45, 7) is 7.39. The van der Waals surface area contributed by atoms with E-state index in [2.05, 4.69) is 21.7 Å². The second kappa shape index (κ2) is 16.7. The third-order valence-electron chi connectivity index (χ3n) is 6.32. The first kappa shape index (κ1) is 31.1. The van der Waals surface area contributed by atoms with Crippen LogP contribution in [0.2, 0.25) is 0 Å². The molecule has 0 saturated carbocycles.